The van der Waals surface area contributed by atoms with Gasteiger partial charge in [-0.3, -0.25) is 0 Å². The number of rotatable bonds is 1. The van der Waals surface area contributed by atoms with E-state index in [-0.39, 0.29) is 0 Å². The van der Waals surface area contributed by atoms with Crippen molar-refractivity contribution in [2.75, 3.05) is 6.54 Å². The molecule has 1 unspecified atom stereocenters. The predicted molar refractivity (Wildman–Crippen MR) is 63.4 cm³/mol. The molecule has 2 N–H and O–H groups in total. The Bertz CT molecular complexity index is 516. The van der Waals surface area contributed by atoms with Crippen molar-refractivity contribution >= 4 is 22.5 Å². The number of fused-ring (bicyclic) bond motifs is 3. The lowest BCUT2D eigenvalue weighted by atomic mass is 10.1. The molecule has 2 aromatic rings. The molecule has 1 aliphatic heterocycles. The summed E-state index contributed by atoms with van der Waals surface area (Å²) in [6.45, 7) is 0.712. The Labute approximate surface area is 93.6 Å². The number of aryl methyl sites for hydroxylation is 1. The van der Waals surface area contributed by atoms with E-state index in [1.54, 1.807) is 0 Å². The van der Waals surface area contributed by atoms with Crippen molar-refractivity contribution in [3.05, 3.63) is 35.0 Å². The van der Waals surface area contributed by atoms with Gasteiger partial charge in [-0.25, -0.2) is 0 Å². The molecule has 1 aromatic carbocycles. The number of benzene rings is 1. The molecule has 0 radical (unpaired) electrons. The molecular weight excluding hydrogens is 208 g/mol. The van der Waals surface area contributed by atoms with Gasteiger partial charge in [-0.2, -0.15) is 0 Å². The lowest BCUT2D eigenvalue weighted by Gasteiger charge is -2.12. The van der Waals surface area contributed by atoms with Crippen LogP contribution in [0.5, 0.6) is 0 Å². The highest BCUT2D eigenvalue weighted by atomic mass is 35.5. The number of hydrogen-bond acceptors (Lipinski definition) is 1. The van der Waals surface area contributed by atoms with E-state index in [0.29, 0.717) is 12.6 Å². The highest BCUT2D eigenvalue weighted by Crippen LogP contribution is 2.35. The van der Waals surface area contributed by atoms with Crippen molar-refractivity contribution in [2.45, 2.75) is 18.9 Å². The molecule has 1 aliphatic rings. The highest BCUT2D eigenvalue weighted by molar-refractivity contribution is 6.35. The summed E-state index contributed by atoms with van der Waals surface area (Å²) in [5.41, 5.74) is 8.38. The van der Waals surface area contributed by atoms with E-state index < -0.39 is 0 Å². The molecule has 1 aromatic heterocycles. The molecule has 15 heavy (non-hydrogen) atoms. The number of halogens is 1. The summed E-state index contributed by atoms with van der Waals surface area (Å²) in [7, 11) is 0. The van der Waals surface area contributed by atoms with Gasteiger partial charge in [0.2, 0.25) is 0 Å². The third-order valence-corrected chi connectivity index (χ3v) is 3.61. The van der Waals surface area contributed by atoms with E-state index in [2.05, 4.69) is 16.7 Å². The molecule has 1 atom stereocenters. The summed E-state index contributed by atoms with van der Waals surface area (Å²) >= 11 is 6.17. The summed E-state index contributed by atoms with van der Waals surface area (Å²) in [4.78, 5) is 0. The molecule has 0 saturated heterocycles. The summed E-state index contributed by atoms with van der Waals surface area (Å²) in [5, 5.41) is 2.00. The van der Waals surface area contributed by atoms with Crippen LogP contribution in [-0.2, 0) is 6.42 Å². The van der Waals surface area contributed by atoms with Gasteiger partial charge >= 0.3 is 0 Å². The average molecular weight is 221 g/mol. The van der Waals surface area contributed by atoms with Gasteiger partial charge in [0.05, 0.1) is 5.52 Å². The maximum Gasteiger partial charge on any atom is 0.0500 e. The molecule has 0 saturated carbocycles. The van der Waals surface area contributed by atoms with Crippen LogP contribution in [0, 0.1) is 0 Å². The predicted octanol–water partition coefficient (Wildman–Crippen LogP) is 2.74. The van der Waals surface area contributed by atoms with Gasteiger partial charge in [0.1, 0.15) is 0 Å². The fourth-order valence-corrected chi connectivity index (χ4v) is 2.78. The van der Waals surface area contributed by atoms with Crippen molar-refractivity contribution in [1.29, 1.82) is 0 Å². The van der Waals surface area contributed by atoms with E-state index in [0.717, 1.165) is 23.3 Å². The molecule has 3 heteroatoms. The third kappa shape index (κ3) is 1.22. The van der Waals surface area contributed by atoms with Gasteiger partial charge in [0, 0.05) is 28.7 Å². The zero-order valence-corrected chi connectivity index (χ0v) is 9.17. The van der Waals surface area contributed by atoms with E-state index in [9.17, 15) is 0 Å². The summed E-state index contributed by atoms with van der Waals surface area (Å²) < 4.78 is 2.35. The Morgan fingerprint density at radius 1 is 1.47 bits per heavy atom. The van der Waals surface area contributed by atoms with Crippen LogP contribution in [0.2, 0.25) is 5.02 Å². The van der Waals surface area contributed by atoms with E-state index in [1.807, 2.05) is 12.1 Å². The Kier molecular flexibility index (Phi) is 2.01. The zero-order chi connectivity index (χ0) is 10.4. The van der Waals surface area contributed by atoms with Gasteiger partial charge in [-0.15, -0.1) is 0 Å². The largest absolute Gasteiger partial charge is 0.340 e. The topological polar surface area (TPSA) is 30.9 Å². The fraction of sp³-hybridized carbons (Fsp3) is 0.333. The smallest absolute Gasteiger partial charge is 0.0500 e. The normalized spacial score (nSPS) is 19.7. The van der Waals surface area contributed by atoms with Crippen molar-refractivity contribution in [1.82, 2.24) is 4.57 Å². The molecule has 2 nitrogen and oxygen atoms in total. The van der Waals surface area contributed by atoms with Crippen LogP contribution in [-0.4, -0.2) is 11.1 Å². The minimum Gasteiger partial charge on any atom is -0.340 e. The second-order valence-corrected chi connectivity index (χ2v) is 4.51. The second kappa shape index (κ2) is 3.26. The molecule has 0 spiro atoms. The Hall–Kier alpha value is -0.990. The van der Waals surface area contributed by atoms with Gasteiger partial charge in [-0.05, 0) is 31.0 Å². The van der Waals surface area contributed by atoms with E-state index in [4.69, 9.17) is 17.3 Å². The molecule has 0 aliphatic carbocycles. The van der Waals surface area contributed by atoms with Crippen molar-refractivity contribution in [3.8, 4) is 0 Å². The lowest BCUT2D eigenvalue weighted by molar-refractivity contribution is 0.553. The van der Waals surface area contributed by atoms with Gasteiger partial charge in [-0.1, -0.05) is 17.7 Å². The van der Waals surface area contributed by atoms with Crippen LogP contribution in [0.25, 0.3) is 10.9 Å². The van der Waals surface area contributed by atoms with Crippen molar-refractivity contribution in [2.24, 2.45) is 5.73 Å². The number of nitrogens with zero attached hydrogens (tertiary/aromatic N) is 1. The minimum atomic E-state index is 0.455. The molecule has 0 amide bonds. The first kappa shape index (κ1) is 9.25. The van der Waals surface area contributed by atoms with Crippen molar-refractivity contribution in [3.63, 3.8) is 0 Å². The third-order valence-electron chi connectivity index (χ3n) is 3.28. The number of hydrogen-bond donors (Lipinski definition) is 1. The van der Waals surface area contributed by atoms with Crippen LogP contribution in [0.1, 0.15) is 18.2 Å². The van der Waals surface area contributed by atoms with Gasteiger partial charge in [0.15, 0.2) is 0 Å². The Balaban J connectivity index is 2.32. The molecule has 78 valence electrons. The minimum absolute atomic E-state index is 0.455. The van der Waals surface area contributed by atoms with Crippen LogP contribution in [0.3, 0.4) is 0 Å². The van der Waals surface area contributed by atoms with Crippen LogP contribution >= 0.6 is 11.6 Å². The molecule has 3 rings (SSSR count). The van der Waals surface area contributed by atoms with Crippen LogP contribution in [0.4, 0.5) is 0 Å². The quantitative estimate of drug-likeness (QED) is 0.787. The Morgan fingerprint density at radius 2 is 2.33 bits per heavy atom. The monoisotopic (exact) mass is 220 g/mol. The van der Waals surface area contributed by atoms with E-state index in [1.165, 1.54) is 11.2 Å². The van der Waals surface area contributed by atoms with Crippen LogP contribution in [0.15, 0.2) is 24.3 Å². The summed E-state index contributed by atoms with van der Waals surface area (Å²) in [6, 6.07) is 8.73. The first-order valence-corrected chi connectivity index (χ1v) is 5.67. The average Bonchev–Trinajstić information content (AvgIpc) is 2.77. The van der Waals surface area contributed by atoms with E-state index >= 15 is 0 Å². The zero-order valence-electron chi connectivity index (χ0n) is 8.41. The number of aromatic nitrogens is 1. The Morgan fingerprint density at radius 3 is 3.13 bits per heavy atom. The molecular formula is C12H13ClN2. The van der Waals surface area contributed by atoms with Crippen molar-refractivity contribution < 1.29 is 0 Å². The SMILES string of the molecule is NCC1CCc2cc3c(Cl)cccc3n21. The first-order chi connectivity index (χ1) is 7.31. The molecule has 0 bridgehead atoms. The van der Waals surface area contributed by atoms with Gasteiger partial charge in [0.25, 0.3) is 0 Å². The standard InChI is InChI=1S/C12H13ClN2/c13-11-2-1-3-12-10(11)6-8-4-5-9(7-14)15(8)12/h1-3,6,9H,4-5,7,14H2. The lowest BCUT2D eigenvalue weighted by Crippen LogP contribution is -2.15. The van der Waals surface area contributed by atoms with Crippen LogP contribution < -0.4 is 5.73 Å². The number of nitrogens with two attached hydrogens (primary N) is 1. The first-order valence-electron chi connectivity index (χ1n) is 5.29. The second-order valence-electron chi connectivity index (χ2n) is 4.11. The molecule has 2 heterocycles. The van der Waals surface area contributed by atoms with Gasteiger partial charge < -0.3 is 10.3 Å². The maximum atomic E-state index is 6.17. The highest BCUT2D eigenvalue weighted by Gasteiger charge is 2.23. The fourth-order valence-electron chi connectivity index (χ4n) is 2.56. The maximum absolute atomic E-state index is 6.17. The summed E-state index contributed by atoms with van der Waals surface area (Å²) in [6.07, 6.45) is 2.28. The molecule has 0 fully saturated rings. The summed E-state index contributed by atoms with van der Waals surface area (Å²) in [5.74, 6) is 0.